The lowest BCUT2D eigenvalue weighted by molar-refractivity contribution is -0.0328. The first-order valence-electron chi connectivity index (χ1n) is 9.19. The number of rotatable bonds is 7. The van der Waals surface area contributed by atoms with Crippen LogP contribution in [0.1, 0.15) is 33.2 Å². The lowest BCUT2D eigenvalue weighted by Gasteiger charge is -2.18. The molecule has 1 aliphatic rings. The predicted molar refractivity (Wildman–Crippen MR) is 110 cm³/mol. The first-order valence-corrected chi connectivity index (χ1v) is 11.6. The summed E-state index contributed by atoms with van der Waals surface area (Å²) in [4.78, 5) is 24.4. The molecule has 1 aliphatic heterocycles. The first-order chi connectivity index (χ1) is 14.5. The fourth-order valence-electron chi connectivity index (χ4n) is 3.08. The Kier molecular flexibility index (Phi) is 6.65. The van der Waals surface area contributed by atoms with E-state index in [4.69, 9.17) is 4.74 Å². The highest BCUT2D eigenvalue weighted by molar-refractivity contribution is 8.00. The Morgan fingerprint density at radius 3 is 2.35 bits per heavy atom. The highest BCUT2D eigenvalue weighted by atomic mass is 32.2. The summed E-state index contributed by atoms with van der Waals surface area (Å²) in [6.07, 6.45) is 0.470. The van der Waals surface area contributed by atoms with Gasteiger partial charge in [0.1, 0.15) is 0 Å². The third-order valence-corrected chi connectivity index (χ3v) is 7.13. The fourth-order valence-corrected chi connectivity index (χ4v) is 4.78. The molecule has 3 rings (SSSR count). The smallest absolute Gasteiger partial charge is 0.446 e. The molecule has 0 saturated carbocycles. The molecule has 0 spiro atoms. The molecule has 1 heterocycles. The van der Waals surface area contributed by atoms with Gasteiger partial charge in [0.2, 0.25) is 10.0 Å². The zero-order chi connectivity index (χ0) is 22.8. The quantitative estimate of drug-likeness (QED) is 0.343. The van der Waals surface area contributed by atoms with Gasteiger partial charge in [0.15, 0.2) is 12.4 Å². The number of sulfonamides is 1. The number of ether oxygens (including phenoxy) is 1. The zero-order valence-electron chi connectivity index (χ0n) is 16.3. The number of thioether (sulfide) groups is 1. The molecular weight excluding hydrogens is 455 g/mol. The molecule has 0 radical (unpaired) electrons. The van der Waals surface area contributed by atoms with Crippen molar-refractivity contribution in [3.63, 3.8) is 0 Å². The fraction of sp³-hybridized carbons (Fsp3) is 0.300. The second kappa shape index (κ2) is 8.91. The first kappa shape index (κ1) is 23.1. The van der Waals surface area contributed by atoms with Crippen LogP contribution in [0.2, 0.25) is 0 Å². The molecule has 6 nitrogen and oxygen atoms in total. The number of esters is 1. The highest BCUT2D eigenvalue weighted by Crippen LogP contribution is 2.36. The predicted octanol–water partition coefficient (Wildman–Crippen LogP) is 4.05. The minimum Gasteiger partial charge on any atom is -0.454 e. The average Bonchev–Trinajstić information content (AvgIpc) is 3.15. The third kappa shape index (κ3) is 5.59. The normalized spacial score (nSPS) is 13.7. The van der Waals surface area contributed by atoms with Crippen LogP contribution >= 0.6 is 11.8 Å². The molecule has 2 aromatic rings. The van der Waals surface area contributed by atoms with Crippen molar-refractivity contribution in [2.45, 2.75) is 23.7 Å². The largest absolute Gasteiger partial charge is 0.454 e. The van der Waals surface area contributed by atoms with Gasteiger partial charge in [-0.2, -0.15) is 13.2 Å². The Morgan fingerprint density at radius 2 is 1.74 bits per heavy atom. The van der Waals surface area contributed by atoms with E-state index in [1.54, 1.807) is 19.1 Å². The van der Waals surface area contributed by atoms with Crippen LogP contribution in [-0.4, -0.2) is 44.6 Å². The third-order valence-electron chi connectivity index (χ3n) is 4.61. The van der Waals surface area contributed by atoms with Crippen LogP contribution < -0.4 is 4.31 Å². The number of nitrogens with zero attached hydrogens (tertiary/aromatic N) is 1. The van der Waals surface area contributed by atoms with E-state index in [9.17, 15) is 31.2 Å². The standard InChI is InChI=1S/C20H18F3NO5S2/c1-2-31(27,28)24-10-9-14-11-15(5-8-17(14)24)18(25)12-29-19(26)13-3-6-16(7-4-13)30-20(21,22)23/h3-8,11H,2,9-10,12H2,1H3. The van der Waals surface area contributed by atoms with Crippen molar-refractivity contribution >= 4 is 39.2 Å². The highest BCUT2D eigenvalue weighted by Gasteiger charge is 2.30. The SMILES string of the molecule is CCS(=O)(=O)N1CCc2cc(C(=O)COC(=O)c3ccc(SC(F)(F)F)cc3)ccc21. The summed E-state index contributed by atoms with van der Waals surface area (Å²) in [6, 6.07) is 9.29. The van der Waals surface area contributed by atoms with E-state index in [0.717, 1.165) is 12.1 Å². The molecular formula is C20H18F3NO5S2. The summed E-state index contributed by atoms with van der Waals surface area (Å²) in [5, 5.41) is 0. The maximum absolute atomic E-state index is 12.4. The van der Waals surface area contributed by atoms with E-state index in [-0.39, 0.29) is 33.5 Å². The van der Waals surface area contributed by atoms with Gasteiger partial charge >= 0.3 is 11.5 Å². The molecule has 0 bridgehead atoms. The lowest BCUT2D eigenvalue weighted by atomic mass is 10.1. The molecule has 0 aliphatic carbocycles. The minimum absolute atomic E-state index is 0.0219. The maximum atomic E-state index is 12.4. The monoisotopic (exact) mass is 473 g/mol. The van der Waals surface area contributed by atoms with Crippen molar-refractivity contribution in [2.24, 2.45) is 0 Å². The van der Waals surface area contributed by atoms with Crippen molar-refractivity contribution in [3.05, 3.63) is 59.2 Å². The van der Waals surface area contributed by atoms with Gasteiger partial charge in [-0.1, -0.05) is 0 Å². The second-order valence-corrected chi connectivity index (χ2v) is 9.96. The van der Waals surface area contributed by atoms with Crippen molar-refractivity contribution in [1.29, 1.82) is 0 Å². The summed E-state index contributed by atoms with van der Waals surface area (Å²) < 4.78 is 67.6. The van der Waals surface area contributed by atoms with Crippen molar-refractivity contribution < 1.29 is 35.9 Å². The molecule has 0 N–H and O–H groups in total. The van der Waals surface area contributed by atoms with Gasteiger partial charge in [-0.05, 0) is 73.1 Å². The number of fused-ring (bicyclic) bond motifs is 1. The van der Waals surface area contributed by atoms with Crippen LogP contribution in [0.5, 0.6) is 0 Å². The molecule has 166 valence electrons. The van der Waals surface area contributed by atoms with Gasteiger partial charge in [0.05, 0.1) is 17.0 Å². The number of Topliss-reactive ketones (excluding diaryl/α,β-unsaturated/α-hetero) is 1. The summed E-state index contributed by atoms with van der Waals surface area (Å²) in [6.45, 7) is 1.32. The Morgan fingerprint density at radius 1 is 1.10 bits per heavy atom. The Balaban J connectivity index is 1.62. The number of carbonyl (C=O) groups excluding carboxylic acids is 2. The Hall–Kier alpha value is -2.53. The van der Waals surface area contributed by atoms with E-state index in [1.807, 2.05) is 0 Å². The minimum atomic E-state index is -4.43. The van der Waals surface area contributed by atoms with Gasteiger partial charge in [-0.3, -0.25) is 9.10 Å². The molecule has 0 fully saturated rings. The maximum Gasteiger partial charge on any atom is 0.446 e. The molecule has 0 amide bonds. The summed E-state index contributed by atoms with van der Waals surface area (Å²) in [5.74, 6) is -1.34. The summed E-state index contributed by atoms with van der Waals surface area (Å²) in [5.41, 5.74) is -2.88. The van der Waals surface area contributed by atoms with Gasteiger partial charge in [0.25, 0.3) is 0 Å². The zero-order valence-corrected chi connectivity index (χ0v) is 17.9. The molecule has 11 heteroatoms. The van der Waals surface area contributed by atoms with E-state index in [1.165, 1.54) is 22.5 Å². The van der Waals surface area contributed by atoms with E-state index in [2.05, 4.69) is 0 Å². The lowest BCUT2D eigenvalue weighted by Crippen LogP contribution is -2.30. The van der Waals surface area contributed by atoms with Crippen LogP contribution in [0.25, 0.3) is 0 Å². The number of benzene rings is 2. The molecule has 0 atom stereocenters. The number of halogens is 3. The number of alkyl halides is 3. The van der Waals surface area contributed by atoms with Crippen LogP contribution in [0, 0.1) is 0 Å². The average molecular weight is 473 g/mol. The Labute approximate surface area is 181 Å². The van der Waals surface area contributed by atoms with Crippen LogP contribution in [0.15, 0.2) is 47.4 Å². The Bertz CT molecular complexity index is 1100. The number of hydrogen-bond donors (Lipinski definition) is 0. The van der Waals surface area contributed by atoms with Crippen molar-refractivity contribution in [3.8, 4) is 0 Å². The number of carbonyl (C=O) groups is 2. The number of ketones is 1. The molecule has 0 aromatic heterocycles. The molecule has 2 aromatic carbocycles. The van der Waals surface area contributed by atoms with Crippen molar-refractivity contribution in [1.82, 2.24) is 0 Å². The van der Waals surface area contributed by atoms with Crippen LogP contribution in [0.4, 0.5) is 18.9 Å². The van der Waals surface area contributed by atoms with E-state index >= 15 is 0 Å². The molecule has 0 unspecified atom stereocenters. The van der Waals surface area contributed by atoms with Gasteiger partial charge in [0, 0.05) is 17.0 Å². The van der Waals surface area contributed by atoms with Crippen molar-refractivity contribution in [2.75, 3.05) is 23.2 Å². The second-order valence-electron chi connectivity index (χ2n) is 6.64. The molecule has 31 heavy (non-hydrogen) atoms. The number of hydrogen-bond acceptors (Lipinski definition) is 6. The van der Waals surface area contributed by atoms with Gasteiger partial charge in [-0.25, -0.2) is 13.2 Å². The van der Waals surface area contributed by atoms with Crippen LogP contribution in [0.3, 0.4) is 0 Å². The summed E-state index contributed by atoms with van der Waals surface area (Å²) in [7, 11) is -3.39. The van der Waals surface area contributed by atoms with Gasteiger partial charge in [-0.15, -0.1) is 0 Å². The molecule has 0 saturated heterocycles. The number of anilines is 1. The van der Waals surface area contributed by atoms with E-state index in [0.29, 0.717) is 24.2 Å². The summed E-state index contributed by atoms with van der Waals surface area (Å²) >= 11 is -0.298. The van der Waals surface area contributed by atoms with Crippen LogP contribution in [-0.2, 0) is 21.2 Å². The topological polar surface area (TPSA) is 80.8 Å². The van der Waals surface area contributed by atoms with E-state index < -0.39 is 33.9 Å². The van der Waals surface area contributed by atoms with Gasteiger partial charge < -0.3 is 4.74 Å².